The van der Waals surface area contributed by atoms with Crippen molar-refractivity contribution in [2.24, 2.45) is 0 Å². The van der Waals surface area contributed by atoms with E-state index in [2.05, 4.69) is 20.3 Å². The minimum Gasteiger partial charge on any atom is -0.349 e. The van der Waals surface area contributed by atoms with Crippen LogP contribution in [0.1, 0.15) is 17.0 Å². The molecule has 0 atom stereocenters. The van der Waals surface area contributed by atoms with E-state index in [0.29, 0.717) is 12.5 Å². The third kappa shape index (κ3) is 2.53. The van der Waals surface area contributed by atoms with Crippen molar-refractivity contribution in [1.82, 2.24) is 15.0 Å². The summed E-state index contributed by atoms with van der Waals surface area (Å²) < 4.78 is 0. The Morgan fingerprint density at radius 3 is 2.75 bits per heavy atom. The summed E-state index contributed by atoms with van der Waals surface area (Å²) in [5.41, 5.74) is 3.08. The van der Waals surface area contributed by atoms with Gasteiger partial charge in [0, 0.05) is 18.1 Å². The summed E-state index contributed by atoms with van der Waals surface area (Å²) in [6.07, 6.45) is 3.60. The van der Waals surface area contributed by atoms with Gasteiger partial charge in [0.2, 0.25) is 5.95 Å². The highest BCUT2D eigenvalue weighted by molar-refractivity contribution is 5.29. The maximum Gasteiger partial charge on any atom is 0.223 e. The van der Waals surface area contributed by atoms with Crippen molar-refractivity contribution in [3.8, 4) is 0 Å². The Hall–Kier alpha value is -1.97. The number of hydrogen-bond acceptors (Lipinski definition) is 4. The van der Waals surface area contributed by atoms with Crippen molar-refractivity contribution < 1.29 is 0 Å². The van der Waals surface area contributed by atoms with Crippen LogP contribution in [0.4, 0.5) is 5.95 Å². The second kappa shape index (κ2) is 4.70. The van der Waals surface area contributed by atoms with E-state index in [9.17, 15) is 0 Å². The molecule has 2 heterocycles. The largest absolute Gasteiger partial charge is 0.349 e. The van der Waals surface area contributed by atoms with Gasteiger partial charge in [0.05, 0.1) is 12.2 Å². The summed E-state index contributed by atoms with van der Waals surface area (Å²) in [6.45, 7) is 4.62. The van der Waals surface area contributed by atoms with Crippen LogP contribution in [-0.2, 0) is 6.54 Å². The zero-order valence-corrected chi connectivity index (χ0v) is 9.44. The van der Waals surface area contributed by atoms with E-state index in [1.165, 1.54) is 0 Å². The van der Waals surface area contributed by atoms with E-state index in [4.69, 9.17) is 0 Å². The lowest BCUT2D eigenvalue weighted by molar-refractivity contribution is 0.979. The summed E-state index contributed by atoms with van der Waals surface area (Å²) >= 11 is 0. The van der Waals surface area contributed by atoms with Crippen molar-refractivity contribution in [2.75, 3.05) is 5.32 Å². The molecule has 0 saturated heterocycles. The Morgan fingerprint density at radius 1 is 1.19 bits per heavy atom. The first-order valence-corrected chi connectivity index (χ1v) is 5.20. The molecule has 2 rings (SSSR count). The molecular formula is C12H14N4. The molecule has 0 aliphatic carbocycles. The molecule has 82 valence electrons. The highest BCUT2D eigenvalue weighted by Crippen LogP contribution is 2.06. The zero-order chi connectivity index (χ0) is 11.4. The quantitative estimate of drug-likeness (QED) is 0.850. The van der Waals surface area contributed by atoms with Crippen molar-refractivity contribution >= 4 is 5.95 Å². The Kier molecular flexibility index (Phi) is 3.10. The fourth-order valence-corrected chi connectivity index (χ4v) is 1.28. The van der Waals surface area contributed by atoms with Gasteiger partial charge in [-0.15, -0.1) is 0 Å². The van der Waals surface area contributed by atoms with Gasteiger partial charge in [-0.1, -0.05) is 6.07 Å². The van der Waals surface area contributed by atoms with Crippen molar-refractivity contribution in [2.45, 2.75) is 20.4 Å². The first kappa shape index (κ1) is 10.5. The summed E-state index contributed by atoms with van der Waals surface area (Å²) in [7, 11) is 0. The monoisotopic (exact) mass is 214 g/mol. The van der Waals surface area contributed by atoms with Crippen molar-refractivity contribution in [3.05, 3.63) is 47.5 Å². The van der Waals surface area contributed by atoms with Crippen LogP contribution in [0.5, 0.6) is 0 Å². The third-order valence-corrected chi connectivity index (χ3v) is 2.38. The Morgan fingerprint density at radius 2 is 2.06 bits per heavy atom. The second-order valence-electron chi connectivity index (χ2n) is 3.64. The summed E-state index contributed by atoms with van der Waals surface area (Å²) in [5.74, 6) is 0.647. The van der Waals surface area contributed by atoms with Crippen molar-refractivity contribution in [3.63, 3.8) is 0 Å². The summed E-state index contributed by atoms with van der Waals surface area (Å²) in [6, 6.07) is 5.83. The topological polar surface area (TPSA) is 50.7 Å². The van der Waals surface area contributed by atoms with Crippen molar-refractivity contribution in [1.29, 1.82) is 0 Å². The Bertz CT molecular complexity index is 468. The lowest BCUT2D eigenvalue weighted by Gasteiger charge is -2.05. The van der Waals surface area contributed by atoms with E-state index in [1.807, 2.05) is 38.2 Å². The maximum atomic E-state index is 4.34. The third-order valence-electron chi connectivity index (χ3n) is 2.38. The molecule has 2 aromatic heterocycles. The molecule has 0 aliphatic heterocycles. The molecule has 0 radical (unpaired) electrons. The smallest absolute Gasteiger partial charge is 0.223 e. The van der Waals surface area contributed by atoms with E-state index >= 15 is 0 Å². The number of anilines is 1. The number of hydrogen-bond donors (Lipinski definition) is 1. The van der Waals surface area contributed by atoms with Gasteiger partial charge < -0.3 is 5.32 Å². The van der Waals surface area contributed by atoms with Crippen LogP contribution >= 0.6 is 0 Å². The molecule has 0 bridgehead atoms. The van der Waals surface area contributed by atoms with Gasteiger partial charge >= 0.3 is 0 Å². The van der Waals surface area contributed by atoms with Crippen LogP contribution in [0.2, 0.25) is 0 Å². The summed E-state index contributed by atoms with van der Waals surface area (Å²) in [5, 5.41) is 3.14. The average Bonchev–Trinajstić information content (AvgIpc) is 2.32. The number of nitrogens with one attached hydrogen (secondary N) is 1. The van der Waals surface area contributed by atoms with Crippen LogP contribution in [0, 0.1) is 13.8 Å². The molecule has 0 saturated carbocycles. The predicted octanol–water partition coefficient (Wildman–Crippen LogP) is 2.10. The van der Waals surface area contributed by atoms with Gasteiger partial charge in [0.15, 0.2) is 0 Å². The molecule has 0 unspecified atom stereocenters. The summed E-state index contributed by atoms with van der Waals surface area (Å²) in [4.78, 5) is 12.8. The van der Waals surface area contributed by atoms with Crippen LogP contribution in [0.25, 0.3) is 0 Å². The molecule has 0 aromatic carbocycles. The predicted molar refractivity (Wildman–Crippen MR) is 63.1 cm³/mol. The molecule has 0 fully saturated rings. The molecule has 1 N–H and O–H groups in total. The van der Waals surface area contributed by atoms with Gasteiger partial charge in [0.1, 0.15) is 0 Å². The Labute approximate surface area is 94.8 Å². The van der Waals surface area contributed by atoms with Crippen LogP contribution < -0.4 is 5.32 Å². The molecular weight excluding hydrogens is 200 g/mol. The minimum atomic E-state index is 0.642. The molecule has 0 amide bonds. The number of aromatic nitrogens is 3. The van der Waals surface area contributed by atoms with E-state index in [-0.39, 0.29) is 0 Å². The first-order chi connectivity index (χ1) is 7.75. The maximum absolute atomic E-state index is 4.34. The van der Waals surface area contributed by atoms with Gasteiger partial charge in [0.25, 0.3) is 0 Å². The lowest BCUT2D eigenvalue weighted by atomic mass is 10.3. The van der Waals surface area contributed by atoms with E-state index in [0.717, 1.165) is 17.0 Å². The van der Waals surface area contributed by atoms with Crippen LogP contribution in [0.15, 0.2) is 30.6 Å². The van der Waals surface area contributed by atoms with Gasteiger partial charge in [-0.25, -0.2) is 9.97 Å². The first-order valence-electron chi connectivity index (χ1n) is 5.20. The molecule has 4 nitrogen and oxygen atoms in total. The number of pyridine rings is 1. The normalized spacial score (nSPS) is 10.1. The van der Waals surface area contributed by atoms with Crippen LogP contribution in [-0.4, -0.2) is 15.0 Å². The number of rotatable bonds is 3. The lowest BCUT2D eigenvalue weighted by Crippen LogP contribution is -2.05. The fraction of sp³-hybridized carbons (Fsp3) is 0.250. The van der Waals surface area contributed by atoms with Crippen LogP contribution in [0.3, 0.4) is 0 Å². The highest BCUT2D eigenvalue weighted by Gasteiger charge is 1.99. The van der Waals surface area contributed by atoms with Gasteiger partial charge in [-0.3, -0.25) is 4.98 Å². The van der Waals surface area contributed by atoms with E-state index in [1.54, 1.807) is 6.20 Å². The highest BCUT2D eigenvalue weighted by atomic mass is 15.1. The second-order valence-corrected chi connectivity index (χ2v) is 3.64. The zero-order valence-electron chi connectivity index (χ0n) is 9.44. The SMILES string of the molecule is Cc1cnc(NCc2ccccn2)nc1C. The van der Waals surface area contributed by atoms with E-state index < -0.39 is 0 Å². The van der Waals surface area contributed by atoms with Gasteiger partial charge in [-0.05, 0) is 31.5 Å². The number of aryl methyl sites for hydroxylation is 2. The standard InChI is InChI=1S/C12H14N4/c1-9-7-14-12(16-10(9)2)15-8-11-5-3-4-6-13-11/h3-7H,8H2,1-2H3,(H,14,15,16). The fourth-order valence-electron chi connectivity index (χ4n) is 1.28. The Balaban J connectivity index is 2.03. The molecule has 4 heteroatoms. The average molecular weight is 214 g/mol. The molecule has 2 aromatic rings. The number of nitrogens with zero attached hydrogens (tertiary/aromatic N) is 3. The molecule has 0 aliphatic rings. The molecule has 0 spiro atoms. The molecule has 16 heavy (non-hydrogen) atoms. The van der Waals surface area contributed by atoms with Gasteiger partial charge in [-0.2, -0.15) is 0 Å². The minimum absolute atomic E-state index is 0.642.